The minimum absolute atomic E-state index is 0.0334. The molecule has 0 amide bonds. The van der Waals surface area contributed by atoms with Crippen molar-refractivity contribution in [2.45, 2.75) is 46.0 Å². The Hall–Kier alpha value is -2.10. The van der Waals surface area contributed by atoms with Crippen molar-refractivity contribution in [3.8, 4) is 11.1 Å². The lowest BCUT2D eigenvalue weighted by molar-refractivity contribution is 0.500. The van der Waals surface area contributed by atoms with E-state index in [4.69, 9.17) is 0 Å². The van der Waals surface area contributed by atoms with E-state index in [0.29, 0.717) is 18.4 Å². The Labute approximate surface area is 146 Å². The van der Waals surface area contributed by atoms with E-state index >= 15 is 0 Å². The summed E-state index contributed by atoms with van der Waals surface area (Å²) >= 11 is 0. The maximum absolute atomic E-state index is 14.4. The lowest BCUT2D eigenvalue weighted by atomic mass is 9.99. The van der Waals surface area contributed by atoms with Crippen molar-refractivity contribution in [1.29, 1.82) is 0 Å². The Kier molecular flexibility index (Phi) is 6.80. The molecule has 0 radical (unpaired) electrons. The van der Waals surface area contributed by atoms with Crippen LogP contribution >= 0.6 is 0 Å². The Morgan fingerprint density at radius 3 is 2.12 bits per heavy atom. The number of unbranched alkanes of at least 4 members (excludes halogenated alkanes) is 1. The third-order valence-electron chi connectivity index (χ3n) is 4.11. The molecule has 0 fully saturated rings. The molecule has 0 unspecified atom stereocenters. The van der Waals surface area contributed by atoms with Gasteiger partial charge in [0.1, 0.15) is 5.83 Å². The Bertz CT molecular complexity index is 745. The van der Waals surface area contributed by atoms with Gasteiger partial charge in [-0.2, -0.15) is 0 Å². The van der Waals surface area contributed by atoms with Crippen molar-refractivity contribution in [2.24, 2.45) is 0 Å². The van der Waals surface area contributed by atoms with Gasteiger partial charge in [0.2, 0.25) is 0 Å². The summed E-state index contributed by atoms with van der Waals surface area (Å²) in [5.74, 6) is -4.90. The van der Waals surface area contributed by atoms with Crippen LogP contribution in [0.5, 0.6) is 0 Å². The first-order chi connectivity index (χ1) is 12.0. The fourth-order valence-corrected chi connectivity index (χ4v) is 2.67. The van der Waals surface area contributed by atoms with Gasteiger partial charge in [0.15, 0.2) is 17.5 Å². The fraction of sp³-hybridized carbons (Fsp3) is 0.333. The van der Waals surface area contributed by atoms with E-state index in [0.717, 1.165) is 24.5 Å². The molecule has 25 heavy (non-hydrogen) atoms. The monoisotopic (exact) mass is 350 g/mol. The minimum Gasteiger partial charge on any atom is -0.209 e. The first kappa shape index (κ1) is 19.2. The Balaban J connectivity index is 2.37. The van der Waals surface area contributed by atoms with Crippen LogP contribution in [0.1, 0.15) is 50.7 Å². The van der Waals surface area contributed by atoms with Crippen molar-refractivity contribution in [2.75, 3.05) is 0 Å². The predicted octanol–water partition coefficient (Wildman–Crippen LogP) is 7.38. The first-order valence-corrected chi connectivity index (χ1v) is 8.61. The van der Waals surface area contributed by atoms with Gasteiger partial charge < -0.3 is 0 Å². The largest absolute Gasteiger partial charge is 0.209 e. The molecule has 0 aliphatic carbocycles. The number of hydrogen-bond acceptors (Lipinski definition) is 0. The van der Waals surface area contributed by atoms with Crippen LogP contribution in [0, 0.1) is 11.6 Å². The smallest absolute Gasteiger partial charge is 0.169 e. The van der Waals surface area contributed by atoms with E-state index in [1.807, 2.05) is 19.1 Å². The summed E-state index contributed by atoms with van der Waals surface area (Å²) in [5.41, 5.74) is 0.970. The molecule has 2 aromatic rings. The van der Waals surface area contributed by atoms with Crippen LogP contribution in [0.4, 0.5) is 17.6 Å². The highest BCUT2D eigenvalue weighted by atomic mass is 19.2. The van der Waals surface area contributed by atoms with Gasteiger partial charge in [-0.1, -0.05) is 57.0 Å². The maximum Gasteiger partial charge on any atom is 0.169 e. The maximum atomic E-state index is 14.4. The number of halogens is 4. The molecule has 0 atom stereocenters. The van der Waals surface area contributed by atoms with Crippen molar-refractivity contribution in [3.05, 3.63) is 65.0 Å². The van der Waals surface area contributed by atoms with E-state index in [1.54, 1.807) is 12.1 Å². The highest BCUT2D eigenvalue weighted by Crippen LogP contribution is 2.32. The highest BCUT2D eigenvalue weighted by molar-refractivity contribution is 5.69. The molecule has 0 aliphatic heterocycles. The van der Waals surface area contributed by atoms with Gasteiger partial charge in [-0.15, -0.1) is 0 Å². The molecule has 0 aromatic heterocycles. The van der Waals surface area contributed by atoms with Gasteiger partial charge in [0.05, 0.1) is 5.56 Å². The van der Waals surface area contributed by atoms with Crippen LogP contribution in [0.2, 0.25) is 0 Å². The lowest BCUT2D eigenvalue weighted by Crippen LogP contribution is -1.97. The van der Waals surface area contributed by atoms with Gasteiger partial charge in [-0.05, 0) is 30.0 Å². The first-order valence-electron chi connectivity index (χ1n) is 8.61. The van der Waals surface area contributed by atoms with Gasteiger partial charge >= 0.3 is 0 Å². The summed E-state index contributed by atoms with van der Waals surface area (Å²) in [4.78, 5) is 0. The summed E-state index contributed by atoms with van der Waals surface area (Å²) in [6.45, 7) is 3.90. The van der Waals surface area contributed by atoms with E-state index in [2.05, 4.69) is 6.92 Å². The van der Waals surface area contributed by atoms with E-state index < -0.39 is 28.9 Å². The lowest BCUT2D eigenvalue weighted by Gasteiger charge is -2.09. The highest BCUT2D eigenvalue weighted by Gasteiger charge is 2.20. The van der Waals surface area contributed by atoms with Crippen LogP contribution < -0.4 is 0 Å². The molecular formula is C21H22F4. The molecule has 2 rings (SSSR count). The quantitative estimate of drug-likeness (QED) is 0.457. The summed E-state index contributed by atoms with van der Waals surface area (Å²) in [6.07, 6.45) is 2.91. The average Bonchev–Trinajstić information content (AvgIpc) is 2.62. The second kappa shape index (κ2) is 8.84. The van der Waals surface area contributed by atoms with E-state index in [1.165, 1.54) is 6.07 Å². The number of benzene rings is 2. The van der Waals surface area contributed by atoms with Crippen LogP contribution in [0.15, 0.2) is 42.2 Å². The number of aryl methyl sites for hydroxylation is 1. The summed E-state index contributed by atoms with van der Waals surface area (Å²) in [6, 6.07) is 9.50. The second-order valence-electron chi connectivity index (χ2n) is 6.06. The van der Waals surface area contributed by atoms with Crippen LogP contribution in [-0.4, -0.2) is 0 Å². The molecule has 0 N–H and O–H groups in total. The zero-order valence-corrected chi connectivity index (χ0v) is 14.5. The predicted molar refractivity (Wildman–Crippen MR) is 94.5 cm³/mol. The molecule has 2 aromatic carbocycles. The fourth-order valence-electron chi connectivity index (χ4n) is 2.67. The topological polar surface area (TPSA) is 0 Å². The molecule has 0 aliphatic rings. The van der Waals surface area contributed by atoms with E-state index in [9.17, 15) is 17.6 Å². The second-order valence-corrected chi connectivity index (χ2v) is 6.06. The van der Waals surface area contributed by atoms with Crippen molar-refractivity contribution < 1.29 is 17.6 Å². The molecular weight excluding hydrogens is 328 g/mol. The third-order valence-corrected chi connectivity index (χ3v) is 4.11. The zero-order chi connectivity index (χ0) is 18.4. The minimum atomic E-state index is -1.36. The SMILES string of the molecule is CCCC/C(F)=C(/F)c1ccc(-c2ccc(CCC)cc2)c(F)c1F. The molecule has 0 bridgehead atoms. The Morgan fingerprint density at radius 1 is 0.840 bits per heavy atom. The molecule has 4 heteroatoms. The number of hydrogen-bond donors (Lipinski definition) is 0. The molecule has 0 heterocycles. The Morgan fingerprint density at radius 2 is 1.52 bits per heavy atom. The summed E-state index contributed by atoms with van der Waals surface area (Å²) < 4.78 is 56.4. The van der Waals surface area contributed by atoms with Crippen LogP contribution in [0.25, 0.3) is 17.0 Å². The zero-order valence-electron chi connectivity index (χ0n) is 14.5. The normalized spacial score (nSPS) is 12.2. The molecule has 0 saturated carbocycles. The van der Waals surface area contributed by atoms with Crippen molar-refractivity contribution in [3.63, 3.8) is 0 Å². The van der Waals surface area contributed by atoms with Crippen molar-refractivity contribution in [1.82, 2.24) is 0 Å². The average molecular weight is 350 g/mol. The summed E-state index contributed by atoms with van der Waals surface area (Å²) in [5, 5.41) is 0. The standard InChI is InChI=1S/C21H22F4/c1-3-5-7-18(22)19(23)17-13-12-16(20(24)21(17)25)15-10-8-14(6-4-2)9-11-15/h8-13H,3-7H2,1-2H3/b19-18-. The van der Waals surface area contributed by atoms with Gasteiger partial charge in [-0.3, -0.25) is 0 Å². The molecule has 134 valence electrons. The third kappa shape index (κ3) is 4.50. The molecule has 0 nitrogen and oxygen atoms in total. The van der Waals surface area contributed by atoms with E-state index in [-0.39, 0.29) is 12.0 Å². The van der Waals surface area contributed by atoms with Crippen LogP contribution in [0.3, 0.4) is 0 Å². The van der Waals surface area contributed by atoms with Gasteiger partial charge in [0.25, 0.3) is 0 Å². The van der Waals surface area contributed by atoms with Gasteiger partial charge in [0, 0.05) is 12.0 Å². The number of allylic oxidation sites excluding steroid dienone is 1. The number of rotatable bonds is 7. The van der Waals surface area contributed by atoms with Crippen LogP contribution in [-0.2, 0) is 6.42 Å². The molecule has 0 spiro atoms. The summed E-state index contributed by atoms with van der Waals surface area (Å²) in [7, 11) is 0. The molecule has 0 saturated heterocycles. The van der Waals surface area contributed by atoms with Crippen molar-refractivity contribution >= 4 is 5.83 Å². The van der Waals surface area contributed by atoms with Gasteiger partial charge in [-0.25, -0.2) is 17.6 Å².